The average molecular weight is 149 g/mol. The number of nitrogens with two attached hydrogens (primary N) is 1. The highest BCUT2D eigenvalue weighted by Gasteiger charge is 1.87. The third-order valence-electron chi connectivity index (χ3n) is 0.464. The first-order valence-corrected chi connectivity index (χ1v) is 2.70. The second-order valence-electron chi connectivity index (χ2n) is 1.48. The summed E-state index contributed by atoms with van der Waals surface area (Å²) in [6.07, 6.45) is -0.310. The van der Waals surface area contributed by atoms with Gasteiger partial charge in [-0.25, -0.2) is 4.79 Å². The Balaban J connectivity index is 0. The molecule has 0 rings (SSSR count). The van der Waals surface area contributed by atoms with Crippen molar-refractivity contribution in [2.24, 2.45) is 5.73 Å². The van der Waals surface area contributed by atoms with Gasteiger partial charge in [-0.15, -0.1) is 0 Å². The second-order valence-corrected chi connectivity index (χ2v) is 1.48. The molecule has 0 atom stereocenters. The van der Waals surface area contributed by atoms with Crippen LogP contribution in [0.15, 0.2) is 0 Å². The molecule has 0 spiro atoms. The number of primary amides is 1. The van der Waals surface area contributed by atoms with Crippen LogP contribution < -0.4 is 5.73 Å². The topological polar surface area (TPSA) is 101 Å². The number of carboxylic acids is 1. The van der Waals surface area contributed by atoms with Gasteiger partial charge in [0.1, 0.15) is 0 Å². The van der Waals surface area contributed by atoms with Crippen molar-refractivity contribution < 1.29 is 19.8 Å². The minimum Gasteiger partial charge on any atom is -0.481 e. The van der Waals surface area contributed by atoms with E-state index in [4.69, 9.17) is 15.0 Å². The summed E-state index contributed by atoms with van der Waals surface area (Å²) in [6.45, 7) is 1.84. The largest absolute Gasteiger partial charge is 0.481 e. The van der Waals surface area contributed by atoms with Crippen LogP contribution in [-0.4, -0.2) is 22.3 Å². The van der Waals surface area contributed by atoms with Crippen LogP contribution in [0.1, 0.15) is 19.8 Å². The Bertz CT molecular complexity index is 108. The molecule has 0 aromatic carbocycles. The van der Waals surface area contributed by atoms with Crippen molar-refractivity contribution in [1.82, 2.24) is 0 Å². The van der Waals surface area contributed by atoms with E-state index in [0.717, 1.165) is 6.42 Å². The molecule has 1 amide bonds. The monoisotopic (exact) mass is 149 g/mol. The summed E-state index contributed by atoms with van der Waals surface area (Å²) < 4.78 is 0. The number of rotatable bonds is 2. The SMILES string of the molecule is CCCC(=O)O.NC(=O)O. The highest BCUT2D eigenvalue weighted by atomic mass is 16.4. The van der Waals surface area contributed by atoms with Crippen molar-refractivity contribution in [1.29, 1.82) is 0 Å². The van der Waals surface area contributed by atoms with Gasteiger partial charge in [0, 0.05) is 6.42 Å². The fraction of sp³-hybridized carbons (Fsp3) is 0.600. The summed E-state index contributed by atoms with van der Waals surface area (Å²) in [5, 5.41) is 15.1. The molecule has 0 saturated heterocycles. The summed E-state index contributed by atoms with van der Waals surface area (Å²) in [5.74, 6) is -0.711. The van der Waals surface area contributed by atoms with E-state index < -0.39 is 12.1 Å². The molecule has 4 N–H and O–H groups in total. The van der Waals surface area contributed by atoms with E-state index in [0.29, 0.717) is 6.42 Å². The minimum absolute atomic E-state index is 0.292. The Hall–Kier alpha value is -1.26. The smallest absolute Gasteiger partial charge is 0.402 e. The molecular formula is C5H11NO4. The van der Waals surface area contributed by atoms with Crippen LogP contribution in [-0.2, 0) is 4.79 Å². The van der Waals surface area contributed by atoms with E-state index in [1.54, 1.807) is 0 Å². The van der Waals surface area contributed by atoms with Crippen LogP contribution in [0.5, 0.6) is 0 Å². The molecule has 10 heavy (non-hydrogen) atoms. The fourth-order valence-corrected chi connectivity index (χ4v) is 0.214. The number of carbonyl (C=O) groups is 2. The maximum atomic E-state index is 9.60. The van der Waals surface area contributed by atoms with Crippen LogP contribution >= 0.6 is 0 Å². The lowest BCUT2D eigenvalue weighted by Gasteiger charge is -1.79. The molecule has 0 aromatic heterocycles. The van der Waals surface area contributed by atoms with E-state index in [1.807, 2.05) is 6.92 Å². The van der Waals surface area contributed by atoms with Crippen LogP contribution in [0, 0.1) is 0 Å². The Morgan fingerprint density at radius 3 is 1.70 bits per heavy atom. The average Bonchev–Trinajstić information content (AvgIpc) is 1.62. The minimum atomic E-state index is -1.33. The lowest BCUT2D eigenvalue weighted by molar-refractivity contribution is -0.137. The number of hydrogen-bond acceptors (Lipinski definition) is 2. The zero-order valence-corrected chi connectivity index (χ0v) is 5.70. The van der Waals surface area contributed by atoms with Crippen LogP contribution in [0.4, 0.5) is 4.79 Å². The van der Waals surface area contributed by atoms with Gasteiger partial charge in [0.15, 0.2) is 0 Å². The van der Waals surface area contributed by atoms with Gasteiger partial charge in [-0.2, -0.15) is 0 Å². The Morgan fingerprint density at radius 2 is 1.70 bits per heavy atom. The van der Waals surface area contributed by atoms with Gasteiger partial charge in [-0.05, 0) is 6.42 Å². The van der Waals surface area contributed by atoms with E-state index in [-0.39, 0.29) is 0 Å². The standard InChI is InChI=1S/C4H8O2.CH3NO2/c1-2-3-4(5)6;2-1(3)4/h2-3H2,1H3,(H,5,6);2H2,(H,3,4). The molecule has 0 unspecified atom stereocenters. The quantitative estimate of drug-likeness (QED) is 0.531. The highest BCUT2D eigenvalue weighted by molar-refractivity contribution is 5.66. The predicted octanol–water partition coefficient (Wildman–Crippen LogP) is 0.494. The predicted molar refractivity (Wildman–Crippen MR) is 34.8 cm³/mol. The zero-order valence-electron chi connectivity index (χ0n) is 5.70. The molecular weight excluding hydrogens is 138 g/mol. The molecule has 0 saturated carbocycles. The first-order chi connectivity index (χ1) is 4.50. The van der Waals surface area contributed by atoms with Gasteiger partial charge in [0.25, 0.3) is 0 Å². The fourth-order valence-electron chi connectivity index (χ4n) is 0.214. The Morgan fingerprint density at radius 1 is 1.40 bits per heavy atom. The van der Waals surface area contributed by atoms with Crippen molar-refractivity contribution in [2.75, 3.05) is 0 Å². The van der Waals surface area contributed by atoms with Gasteiger partial charge < -0.3 is 15.9 Å². The summed E-state index contributed by atoms with van der Waals surface area (Å²) in [6, 6.07) is 0. The van der Waals surface area contributed by atoms with Crippen molar-refractivity contribution in [3.8, 4) is 0 Å². The van der Waals surface area contributed by atoms with Crippen molar-refractivity contribution in [3.05, 3.63) is 0 Å². The molecule has 0 fully saturated rings. The molecule has 0 aliphatic carbocycles. The Kier molecular flexibility index (Phi) is 8.92. The third-order valence-corrected chi connectivity index (χ3v) is 0.464. The summed E-state index contributed by atoms with van der Waals surface area (Å²) >= 11 is 0. The summed E-state index contributed by atoms with van der Waals surface area (Å²) in [7, 11) is 0. The summed E-state index contributed by atoms with van der Waals surface area (Å²) in [4.78, 5) is 18.4. The molecule has 60 valence electrons. The van der Waals surface area contributed by atoms with E-state index in [1.165, 1.54) is 0 Å². The van der Waals surface area contributed by atoms with Crippen LogP contribution in [0.2, 0.25) is 0 Å². The number of hydrogen-bond donors (Lipinski definition) is 3. The number of aliphatic carboxylic acids is 1. The van der Waals surface area contributed by atoms with Crippen molar-refractivity contribution in [3.63, 3.8) is 0 Å². The van der Waals surface area contributed by atoms with Gasteiger partial charge in [-0.3, -0.25) is 4.79 Å². The maximum absolute atomic E-state index is 9.60. The van der Waals surface area contributed by atoms with E-state index in [9.17, 15) is 4.79 Å². The molecule has 5 heteroatoms. The second kappa shape index (κ2) is 7.74. The lowest BCUT2D eigenvalue weighted by atomic mass is 10.4. The van der Waals surface area contributed by atoms with Crippen molar-refractivity contribution in [2.45, 2.75) is 19.8 Å². The maximum Gasteiger partial charge on any atom is 0.402 e. The van der Waals surface area contributed by atoms with Crippen LogP contribution in [0.3, 0.4) is 0 Å². The lowest BCUT2D eigenvalue weighted by Crippen LogP contribution is -2.03. The first-order valence-electron chi connectivity index (χ1n) is 2.70. The molecule has 0 heterocycles. The Labute approximate surface area is 58.5 Å². The van der Waals surface area contributed by atoms with Crippen LogP contribution in [0.25, 0.3) is 0 Å². The number of carboxylic acid groups (broad SMARTS) is 2. The normalized spacial score (nSPS) is 7.30. The van der Waals surface area contributed by atoms with Gasteiger partial charge in [0.2, 0.25) is 0 Å². The van der Waals surface area contributed by atoms with E-state index >= 15 is 0 Å². The third kappa shape index (κ3) is 73.3. The highest BCUT2D eigenvalue weighted by Crippen LogP contribution is 1.82. The molecule has 0 aliphatic rings. The zero-order chi connectivity index (χ0) is 8.57. The molecule has 0 aliphatic heterocycles. The van der Waals surface area contributed by atoms with Gasteiger partial charge >= 0.3 is 12.1 Å². The number of amides is 1. The van der Waals surface area contributed by atoms with E-state index in [2.05, 4.69) is 5.73 Å². The molecule has 5 nitrogen and oxygen atoms in total. The first kappa shape index (κ1) is 11.5. The molecule has 0 aromatic rings. The molecule has 0 bridgehead atoms. The summed E-state index contributed by atoms with van der Waals surface area (Å²) in [5.41, 5.74) is 4.03. The van der Waals surface area contributed by atoms with Gasteiger partial charge in [-0.1, -0.05) is 6.92 Å². The van der Waals surface area contributed by atoms with Gasteiger partial charge in [0.05, 0.1) is 0 Å². The molecule has 0 radical (unpaired) electrons. The van der Waals surface area contributed by atoms with Crippen molar-refractivity contribution >= 4 is 12.1 Å².